The van der Waals surface area contributed by atoms with E-state index in [1.807, 2.05) is 13.0 Å². The fourth-order valence-corrected chi connectivity index (χ4v) is 3.34. The number of ether oxygens (including phenoxy) is 2. The van der Waals surface area contributed by atoms with Crippen molar-refractivity contribution in [2.24, 2.45) is 5.92 Å². The average molecular weight is 503 g/mol. The Bertz CT molecular complexity index is 947. The van der Waals surface area contributed by atoms with Crippen LogP contribution >= 0.6 is 0 Å². The number of rotatable bonds is 11. The van der Waals surface area contributed by atoms with Gasteiger partial charge < -0.3 is 25.0 Å². The van der Waals surface area contributed by atoms with Crippen molar-refractivity contribution in [3.63, 3.8) is 0 Å². The summed E-state index contributed by atoms with van der Waals surface area (Å²) in [4.78, 5) is 52.2. The van der Waals surface area contributed by atoms with E-state index in [0.29, 0.717) is 5.56 Å². The highest BCUT2D eigenvalue weighted by atomic mass is 16.6. The summed E-state index contributed by atoms with van der Waals surface area (Å²) in [5.41, 5.74) is 0.659. The van der Waals surface area contributed by atoms with Crippen molar-refractivity contribution < 1.29 is 28.7 Å². The molecule has 0 saturated carbocycles. The molecule has 1 aromatic carbocycles. The van der Waals surface area contributed by atoms with Crippen LogP contribution in [0.2, 0.25) is 0 Å². The lowest BCUT2D eigenvalue weighted by Crippen LogP contribution is -2.55. The Morgan fingerprint density at radius 3 is 2.22 bits per heavy atom. The molecule has 198 valence electrons. The minimum Gasteiger partial charge on any atom is -0.466 e. The predicted octanol–water partition coefficient (Wildman–Crippen LogP) is 3.01. The van der Waals surface area contributed by atoms with Gasteiger partial charge in [0, 0.05) is 6.54 Å². The van der Waals surface area contributed by atoms with E-state index in [0.717, 1.165) is 10.5 Å². The number of alkyl carbamates (subject to hydrolysis) is 1. The highest BCUT2D eigenvalue weighted by Gasteiger charge is 2.37. The molecule has 0 aromatic heterocycles. The fraction of sp³-hybridized carbons (Fsp3) is 0.577. The number of esters is 1. The van der Waals surface area contributed by atoms with Gasteiger partial charge in [0.25, 0.3) is 0 Å². The van der Waals surface area contributed by atoms with Crippen molar-refractivity contribution in [3.05, 3.63) is 35.4 Å². The third kappa shape index (κ3) is 9.94. The van der Waals surface area contributed by atoms with Crippen molar-refractivity contribution in [1.29, 1.82) is 5.26 Å². The maximum Gasteiger partial charge on any atom is 0.408 e. The minimum atomic E-state index is -1.17. The standard InChI is InChI=1S/C26H38N4O6/c1-8-35-20(31)13-15-28-23(32)22(19-11-9-18(4)10-12-19)30(16-14-27)24(33)21(17(2)3)29-25(34)36-26(5,6)7/h9-12,17,21-22H,8,13,15-16H2,1-7H3,(H,28,32)(H,29,34). The SMILES string of the molecule is CCOC(=O)CCNC(=O)C(c1ccc(C)cc1)N(CC#N)C(=O)C(NC(=O)OC(C)(C)C)C(C)C. The molecule has 10 heteroatoms. The van der Waals surface area contributed by atoms with Crippen LogP contribution in [0, 0.1) is 24.2 Å². The topological polar surface area (TPSA) is 138 Å². The van der Waals surface area contributed by atoms with E-state index >= 15 is 0 Å². The number of nitrogens with zero attached hydrogens (tertiary/aromatic N) is 2. The van der Waals surface area contributed by atoms with Crippen LogP contribution in [0.15, 0.2) is 24.3 Å². The molecular formula is C26H38N4O6. The summed E-state index contributed by atoms with van der Waals surface area (Å²) >= 11 is 0. The highest BCUT2D eigenvalue weighted by molar-refractivity contribution is 5.92. The van der Waals surface area contributed by atoms with Gasteiger partial charge in [-0.15, -0.1) is 0 Å². The lowest BCUT2D eigenvalue weighted by molar-refractivity contribution is -0.144. The van der Waals surface area contributed by atoms with E-state index in [9.17, 15) is 24.4 Å². The van der Waals surface area contributed by atoms with Crippen LogP contribution in [0.5, 0.6) is 0 Å². The first-order valence-corrected chi connectivity index (χ1v) is 12.0. The van der Waals surface area contributed by atoms with Gasteiger partial charge >= 0.3 is 12.1 Å². The van der Waals surface area contributed by atoms with E-state index in [1.54, 1.807) is 65.8 Å². The maximum absolute atomic E-state index is 13.7. The van der Waals surface area contributed by atoms with Crippen LogP contribution in [0.4, 0.5) is 4.79 Å². The van der Waals surface area contributed by atoms with Gasteiger partial charge in [-0.25, -0.2) is 4.79 Å². The first kappa shape index (κ1) is 30.4. The molecular weight excluding hydrogens is 464 g/mol. The molecule has 3 amide bonds. The van der Waals surface area contributed by atoms with Gasteiger partial charge in [-0.1, -0.05) is 43.7 Å². The summed E-state index contributed by atoms with van der Waals surface area (Å²) in [6.45, 7) is 12.0. The van der Waals surface area contributed by atoms with E-state index in [-0.39, 0.29) is 25.5 Å². The Kier molecular flexibility index (Phi) is 11.9. The Morgan fingerprint density at radius 1 is 1.11 bits per heavy atom. The van der Waals surface area contributed by atoms with Gasteiger partial charge in [0.15, 0.2) is 0 Å². The lowest BCUT2D eigenvalue weighted by Gasteiger charge is -2.34. The number of nitrogens with one attached hydrogen (secondary N) is 2. The summed E-state index contributed by atoms with van der Waals surface area (Å²) in [6.07, 6.45) is -0.821. The zero-order chi connectivity index (χ0) is 27.5. The predicted molar refractivity (Wildman–Crippen MR) is 134 cm³/mol. The monoisotopic (exact) mass is 502 g/mol. The van der Waals surface area contributed by atoms with Gasteiger partial charge in [-0.2, -0.15) is 5.26 Å². The Hall–Kier alpha value is -3.61. The summed E-state index contributed by atoms with van der Waals surface area (Å²) in [5, 5.41) is 14.8. The van der Waals surface area contributed by atoms with Crippen LogP contribution < -0.4 is 10.6 Å². The third-order valence-corrected chi connectivity index (χ3v) is 5.02. The first-order valence-electron chi connectivity index (χ1n) is 12.0. The number of nitriles is 1. The van der Waals surface area contributed by atoms with Gasteiger partial charge in [0.05, 0.1) is 19.1 Å². The van der Waals surface area contributed by atoms with Gasteiger partial charge in [0.1, 0.15) is 24.2 Å². The second-order valence-corrected chi connectivity index (χ2v) is 9.65. The molecule has 36 heavy (non-hydrogen) atoms. The molecule has 2 N–H and O–H groups in total. The fourth-order valence-electron chi connectivity index (χ4n) is 3.34. The Balaban J connectivity index is 3.31. The number of aryl methyl sites for hydroxylation is 1. The molecule has 0 aliphatic carbocycles. The number of carbonyl (C=O) groups is 4. The molecule has 0 bridgehead atoms. The minimum absolute atomic E-state index is 0.00161. The van der Waals surface area contributed by atoms with E-state index in [4.69, 9.17) is 9.47 Å². The van der Waals surface area contributed by atoms with E-state index < -0.39 is 48.1 Å². The van der Waals surface area contributed by atoms with Crippen molar-refractivity contribution in [2.75, 3.05) is 19.7 Å². The molecule has 0 aliphatic heterocycles. The number of benzene rings is 1. The van der Waals surface area contributed by atoms with Gasteiger partial charge in [-0.3, -0.25) is 14.4 Å². The van der Waals surface area contributed by atoms with Gasteiger partial charge in [0.2, 0.25) is 11.8 Å². The van der Waals surface area contributed by atoms with Crippen molar-refractivity contribution in [3.8, 4) is 6.07 Å². The van der Waals surface area contributed by atoms with Crippen LogP contribution in [0.3, 0.4) is 0 Å². The molecule has 0 fully saturated rings. The summed E-state index contributed by atoms with van der Waals surface area (Å²) in [6, 6.07) is 6.73. The number of amides is 3. The second-order valence-electron chi connectivity index (χ2n) is 9.65. The molecule has 0 heterocycles. The molecule has 1 rings (SSSR count). The maximum atomic E-state index is 13.7. The van der Waals surface area contributed by atoms with E-state index in [2.05, 4.69) is 10.6 Å². The lowest BCUT2D eigenvalue weighted by atomic mass is 9.98. The second kappa shape index (κ2) is 14.1. The molecule has 0 radical (unpaired) electrons. The zero-order valence-corrected chi connectivity index (χ0v) is 22.2. The number of hydrogen-bond donors (Lipinski definition) is 2. The highest BCUT2D eigenvalue weighted by Crippen LogP contribution is 2.24. The summed E-state index contributed by atoms with van der Waals surface area (Å²) < 4.78 is 10.2. The Labute approximate surface area is 213 Å². The molecule has 0 spiro atoms. The van der Waals surface area contributed by atoms with Crippen LogP contribution in [0.1, 0.15) is 65.1 Å². The smallest absolute Gasteiger partial charge is 0.408 e. The number of hydrogen-bond acceptors (Lipinski definition) is 7. The summed E-state index contributed by atoms with van der Waals surface area (Å²) in [7, 11) is 0. The van der Waals surface area contributed by atoms with Crippen molar-refractivity contribution in [2.45, 2.75) is 72.6 Å². The van der Waals surface area contributed by atoms with Crippen LogP contribution in [-0.4, -0.2) is 60.1 Å². The first-order chi connectivity index (χ1) is 16.8. The quantitative estimate of drug-likeness (QED) is 0.350. The molecule has 0 aliphatic rings. The summed E-state index contributed by atoms with van der Waals surface area (Å²) in [5.74, 6) is -2.00. The van der Waals surface area contributed by atoms with Crippen LogP contribution in [0.25, 0.3) is 0 Å². The Morgan fingerprint density at radius 2 is 1.72 bits per heavy atom. The average Bonchev–Trinajstić information content (AvgIpc) is 2.76. The normalized spacial score (nSPS) is 12.6. The largest absolute Gasteiger partial charge is 0.466 e. The third-order valence-electron chi connectivity index (χ3n) is 5.02. The molecule has 1 aromatic rings. The molecule has 2 atom stereocenters. The van der Waals surface area contributed by atoms with Crippen molar-refractivity contribution >= 4 is 23.9 Å². The van der Waals surface area contributed by atoms with Crippen molar-refractivity contribution in [1.82, 2.24) is 15.5 Å². The molecule has 10 nitrogen and oxygen atoms in total. The van der Waals surface area contributed by atoms with Crippen LogP contribution in [-0.2, 0) is 23.9 Å². The molecule has 0 saturated heterocycles. The van der Waals surface area contributed by atoms with E-state index in [1.165, 1.54) is 0 Å². The molecule has 2 unspecified atom stereocenters. The zero-order valence-electron chi connectivity index (χ0n) is 22.2. The van der Waals surface area contributed by atoms with Gasteiger partial charge in [-0.05, 0) is 46.1 Å². The number of carbonyl (C=O) groups excluding carboxylic acids is 4.